The van der Waals surface area contributed by atoms with Crippen LogP contribution in [0.25, 0.3) is 11.3 Å². The van der Waals surface area contributed by atoms with Crippen molar-refractivity contribution < 1.29 is 0 Å². The fraction of sp³-hybridized carbons (Fsp3) is 0.421. The first-order valence-electron chi connectivity index (χ1n) is 8.54. The molecule has 1 nitrogen and oxygen atoms in total. The Balaban J connectivity index is 1.77. The third-order valence-electron chi connectivity index (χ3n) is 5.64. The highest BCUT2D eigenvalue weighted by molar-refractivity contribution is 9.10. The van der Waals surface area contributed by atoms with Gasteiger partial charge in [0.1, 0.15) is 0 Å². The summed E-state index contributed by atoms with van der Waals surface area (Å²) in [6.45, 7) is 0.754. The van der Waals surface area contributed by atoms with Gasteiger partial charge in [0.15, 0.2) is 6.71 Å². The highest BCUT2D eigenvalue weighted by Gasteiger charge is 2.41. The number of nitrogens with zero attached hydrogens (tertiary/aromatic N) is 1. The standard InChI is InChI=1S/C19H21BBrN/c21-16-11-12-19(22-13-16)17-9-1-2-10-18(17)20-14-5-3-6-15(20)8-4-7-14/h1-2,9-15H,3-8H2. The molecule has 22 heavy (non-hydrogen) atoms. The van der Waals surface area contributed by atoms with Crippen LogP contribution in [0.2, 0.25) is 11.6 Å². The summed E-state index contributed by atoms with van der Waals surface area (Å²) in [5.41, 5.74) is 4.01. The second-order valence-electron chi connectivity index (χ2n) is 6.86. The highest BCUT2D eigenvalue weighted by atomic mass is 79.9. The van der Waals surface area contributed by atoms with Crippen LogP contribution in [0.1, 0.15) is 38.5 Å². The van der Waals surface area contributed by atoms with Gasteiger partial charge in [-0.05, 0) is 33.6 Å². The quantitative estimate of drug-likeness (QED) is 0.665. The van der Waals surface area contributed by atoms with Crippen molar-refractivity contribution in [2.24, 2.45) is 0 Å². The number of pyridine rings is 1. The molecular formula is C19H21BBrN. The van der Waals surface area contributed by atoms with Crippen LogP contribution in [0.5, 0.6) is 0 Å². The van der Waals surface area contributed by atoms with Crippen molar-refractivity contribution in [3.05, 3.63) is 47.1 Å². The summed E-state index contributed by atoms with van der Waals surface area (Å²) in [6.07, 6.45) is 10.5. The fourth-order valence-corrected chi connectivity index (χ4v) is 4.97. The molecule has 0 amide bonds. The number of halogens is 1. The number of hydrogen-bond donors (Lipinski definition) is 0. The van der Waals surface area contributed by atoms with Crippen LogP contribution in [0.15, 0.2) is 47.1 Å². The molecule has 3 heteroatoms. The molecule has 2 aliphatic rings. The maximum atomic E-state index is 4.65. The van der Waals surface area contributed by atoms with E-state index in [1.165, 1.54) is 44.1 Å². The largest absolute Gasteiger partial charge is 0.255 e. The minimum Gasteiger partial charge on any atom is -0.255 e. The van der Waals surface area contributed by atoms with E-state index in [9.17, 15) is 0 Å². The van der Waals surface area contributed by atoms with E-state index in [0.29, 0.717) is 0 Å². The third-order valence-corrected chi connectivity index (χ3v) is 6.11. The Bertz CT molecular complexity index is 633. The molecule has 0 saturated carbocycles. The second kappa shape index (κ2) is 6.19. The maximum Gasteiger partial charge on any atom is 0.183 e. The minimum absolute atomic E-state index is 0.754. The van der Waals surface area contributed by atoms with Gasteiger partial charge in [-0.2, -0.15) is 0 Å². The molecule has 2 fully saturated rings. The summed E-state index contributed by atoms with van der Waals surface area (Å²) < 4.78 is 1.04. The minimum atomic E-state index is 0.754. The van der Waals surface area contributed by atoms with E-state index in [1.807, 2.05) is 6.20 Å². The molecule has 2 aliphatic heterocycles. The lowest BCUT2D eigenvalue weighted by molar-refractivity contribution is 0.448. The number of benzene rings is 1. The molecule has 0 spiro atoms. The second-order valence-corrected chi connectivity index (χ2v) is 7.77. The smallest absolute Gasteiger partial charge is 0.183 e. The Morgan fingerprint density at radius 1 is 0.909 bits per heavy atom. The van der Waals surface area contributed by atoms with Crippen molar-refractivity contribution in [2.75, 3.05) is 0 Å². The van der Waals surface area contributed by atoms with E-state index in [2.05, 4.69) is 57.3 Å². The van der Waals surface area contributed by atoms with Crippen molar-refractivity contribution >= 4 is 28.1 Å². The Labute approximate surface area is 141 Å². The SMILES string of the molecule is Brc1ccc(-c2ccccc2B2C3CCCC2CCC3)nc1. The fourth-order valence-electron chi connectivity index (χ4n) is 4.74. The summed E-state index contributed by atoms with van der Waals surface area (Å²) in [5.74, 6) is 1.79. The first kappa shape index (κ1) is 14.5. The van der Waals surface area contributed by atoms with Gasteiger partial charge in [-0.15, -0.1) is 0 Å². The first-order valence-corrected chi connectivity index (χ1v) is 9.33. The molecule has 4 rings (SSSR count). The molecule has 2 bridgehead atoms. The van der Waals surface area contributed by atoms with Crippen LogP contribution < -0.4 is 5.46 Å². The number of hydrogen-bond acceptors (Lipinski definition) is 1. The van der Waals surface area contributed by atoms with E-state index < -0.39 is 0 Å². The molecule has 0 radical (unpaired) electrons. The molecule has 0 N–H and O–H groups in total. The summed E-state index contributed by atoms with van der Waals surface area (Å²) in [6, 6.07) is 13.2. The van der Waals surface area contributed by atoms with Crippen molar-refractivity contribution in [1.82, 2.24) is 4.98 Å². The first-order chi connectivity index (χ1) is 10.8. The van der Waals surface area contributed by atoms with E-state index in [0.717, 1.165) is 28.5 Å². The Hall–Kier alpha value is -1.09. The molecule has 2 aromatic rings. The van der Waals surface area contributed by atoms with Gasteiger partial charge < -0.3 is 0 Å². The predicted molar refractivity (Wildman–Crippen MR) is 98.0 cm³/mol. The monoisotopic (exact) mass is 353 g/mol. The van der Waals surface area contributed by atoms with E-state index in [-0.39, 0.29) is 0 Å². The van der Waals surface area contributed by atoms with Gasteiger partial charge in [0.05, 0.1) is 5.69 Å². The highest BCUT2D eigenvalue weighted by Crippen LogP contribution is 2.46. The molecule has 0 unspecified atom stereocenters. The molecule has 0 aliphatic carbocycles. The zero-order valence-corrected chi connectivity index (χ0v) is 14.4. The zero-order chi connectivity index (χ0) is 14.9. The summed E-state index contributed by atoms with van der Waals surface area (Å²) in [7, 11) is 0. The van der Waals surface area contributed by atoms with Crippen LogP contribution in [0, 0.1) is 0 Å². The lowest BCUT2D eigenvalue weighted by Gasteiger charge is -2.41. The molecule has 1 aromatic heterocycles. The van der Waals surface area contributed by atoms with E-state index in [4.69, 9.17) is 0 Å². The Kier molecular flexibility index (Phi) is 4.08. The summed E-state index contributed by atoms with van der Waals surface area (Å²) >= 11 is 3.49. The summed E-state index contributed by atoms with van der Waals surface area (Å²) in [4.78, 5) is 4.65. The Morgan fingerprint density at radius 2 is 1.59 bits per heavy atom. The molecular weight excluding hydrogens is 333 g/mol. The van der Waals surface area contributed by atoms with Crippen LogP contribution in [0.3, 0.4) is 0 Å². The molecule has 3 heterocycles. The average molecular weight is 354 g/mol. The van der Waals surface area contributed by atoms with Gasteiger partial charge in [0, 0.05) is 10.7 Å². The van der Waals surface area contributed by atoms with Crippen LogP contribution in [0.4, 0.5) is 0 Å². The van der Waals surface area contributed by atoms with Gasteiger partial charge in [-0.1, -0.05) is 79.9 Å². The summed E-state index contributed by atoms with van der Waals surface area (Å²) in [5, 5.41) is 0. The van der Waals surface area contributed by atoms with Gasteiger partial charge >= 0.3 is 0 Å². The topological polar surface area (TPSA) is 12.9 Å². The number of aromatic nitrogens is 1. The Morgan fingerprint density at radius 3 is 2.23 bits per heavy atom. The molecule has 112 valence electrons. The van der Waals surface area contributed by atoms with E-state index >= 15 is 0 Å². The van der Waals surface area contributed by atoms with Gasteiger partial charge in [-0.25, -0.2) is 0 Å². The van der Waals surface area contributed by atoms with Gasteiger partial charge in [0.25, 0.3) is 0 Å². The lowest BCUT2D eigenvalue weighted by atomic mass is 9.24. The average Bonchev–Trinajstić information content (AvgIpc) is 2.55. The molecule has 2 saturated heterocycles. The van der Waals surface area contributed by atoms with Gasteiger partial charge in [-0.3, -0.25) is 4.98 Å². The number of fused-ring (bicyclic) bond motifs is 2. The van der Waals surface area contributed by atoms with Crippen molar-refractivity contribution in [3.63, 3.8) is 0 Å². The zero-order valence-electron chi connectivity index (χ0n) is 12.8. The van der Waals surface area contributed by atoms with Crippen molar-refractivity contribution in [1.29, 1.82) is 0 Å². The van der Waals surface area contributed by atoms with E-state index in [1.54, 1.807) is 5.46 Å². The van der Waals surface area contributed by atoms with Crippen LogP contribution in [-0.2, 0) is 0 Å². The normalized spacial score (nSPS) is 24.3. The molecule has 1 aromatic carbocycles. The maximum absolute atomic E-state index is 4.65. The molecule has 0 atom stereocenters. The van der Waals surface area contributed by atoms with Gasteiger partial charge in [0.2, 0.25) is 0 Å². The van der Waals surface area contributed by atoms with Crippen molar-refractivity contribution in [2.45, 2.75) is 50.2 Å². The van der Waals surface area contributed by atoms with Crippen LogP contribution in [-0.4, -0.2) is 11.7 Å². The van der Waals surface area contributed by atoms with Crippen LogP contribution >= 0.6 is 15.9 Å². The number of rotatable bonds is 2. The predicted octanol–water partition coefficient (Wildman–Crippen LogP) is 5.32. The lowest BCUT2D eigenvalue weighted by Crippen LogP contribution is -2.45. The third kappa shape index (κ3) is 2.64. The van der Waals surface area contributed by atoms with Crippen molar-refractivity contribution in [3.8, 4) is 11.3 Å².